The minimum atomic E-state index is -4.48. The Morgan fingerprint density at radius 2 is 2.21 bits per heavy atom. The molecule has 1 fully saturated rings. The minimum absolute atomic E-state index is 0.185. The van der Waals surface area contributed by atoms with Gasteiger partial charge in [-0.05, 0) is 36.8 Å². The molecule has 0 aromatic carbocycles. The maximum absolute atomic E-state index is 12.7. The molecule has 1 aliphatic heterocycles. The molecule has 0 saturated carbocycles. The summed E-state index contributed by atoms with van der Waals surface area (Å²) in [7, 11) is 1.81. The zero-order valence-electron chi connectivity index (χ0n) is 15.9. The molecule has 1 saturated heterocycles. The molecule has 10 heteroatoms. The van der Waals surface area contributed by atoms with Crippen LogP contribution in [0.2, 0.25) is 0 Å². The first-order valence-corrected chi connectivity index (χ1v) is 9.41. The van der Waals surface area contributed by atoms with Crippen LogP contribution in [0.5, 0.6) is 0 Å². The van der Waals surface area contributed by atoms with Crippen LogP contribution in [0.25, 0.3) is 5.57 Å². The lowest BCUT2D eigenvalue weighted by atomic mass is 10.0. The van der Waals surface area contributed by atoms with E-state index in [2.05, 4.69) is 26.5 Å². The molecule has 2 aromatic heterocycles. The van der Waals surface area contributed by atoms with Crippen LogP contribution in [0.1, 0.15) is 31.4 Å². The van der Waals surface area contributed by atoms with Gasteiger partial charge in [0, 0.05) is 32.0 Å². The van der Waals surface area contributed by atoms with Crippen LogP contribution < -0.4 is 5.32 Å². The summed E-state index contributed by atoms with van der Waals surface area (Å²) in [5, 5.41) is 7.17. The third-order valence-electron chi connectivity index (χ3n) is 5.27. The number of hydrogen-bond acceptors (Lipinski definition) is 5. The second-order valence-corrected chi connectivity index (χ2v) is 7.56. The summed E-state index contributed by atoms with van der Waals surface area (Å²) in [5.74, 6) is -0.242. The van der Waals surface area contributed by atoms with Crippen molar-refractivity contribution in [1.29, 1.82) is 0 Å². The molecule has 7 nitrogen and oxygen atoms in total. The lowest BCUT2D eigenvalue weighted by molar-refractivity contribution is -0.162. The van der Waals surface area contributed by atoms with Gasteiger partial charge < -0.3 is 10.2 Å². The molecule has 29 heavy (non-hydrogen) atoms. The van der Waals surface area contributed by atoms with Crippen LogP contribution in [-0.2, 0) is 11.8 Å². The summed E-state index contributed by atoms with van der Waals surface area (Å²) in [6.45, 7) is 0.390. The van der Waals surface area contributed by atoms with Crippen LogP contribution in [0.4, 0.5) is 24.8 Å². The van der Waals surface area contributed by atoms with Gasteiger partial charge in [-0.3, -0.25) is 9.48 Å². The normalized spacial score (nSPS) is 21.7. The second kappa shape index (κ2) is 7.49. The summed E-state index contributed by atoms with van der Waals surface area (Å²) < 4.78 is 39.6. The third kappa shape index (κ3) is 4.57. The van der Waals surface area contributed by atoms with Crippen molar-refractivity contribution in [2.24, 2.45) is 13.0 Å². The quantitative estimate of drug-likeness (QED) is 0.843. The fraction of sp³-hybridized carbons (Fsp3) is 0.474. The maximum Gasteiger partial charge on any atom is 0.397 e. The molecular formula is C19H21F3N6O. The Labute approximate surface area is 165 Å². The van der Waals surface area contributed by atoms with Crippen LogP contribution in [0, 0.1) is 5.92 Å². The van der Waals surface area contributed by atoms with Crippen molar-refractivity contribution in [1.82, 2.24) is 24.6 Å². The van der Waals surface area contributed by atoms with E-state index in [1.165, 1.54) is 4.90 Å². The number of hydrogen-bond donors (Lipinski definition) is 1. The van der Waals surface area contributed by atoms with Gasteiger partial charge in [-0.15, -0.1) is 0 Å². The number of allylic oxidation sites excluding steroid dienone is 1. The van der Waals surface area contributed by atoms with Crippen molar-refractivity contribution in [3.63, 3.8) is 0 Å². The molecule has 2 unspecified atom stereocenters. The first-order valence-electron chi connectivity index (χ1n) is 9.41. The van der Waals surface area contributed by atoms with Gasteiger partial charge in [-0.2, -0.15) is 18.3 Å². The van der Waals surface area contributed by atoms with E-state index in [1.54, 1.807) is 36.4 Å². The van der Waals surface area contributed by atoms with Gasteiger partial charge in [0.15, 0.2) is 0 Å². The Morgan fingerprint density at radius 3 is 2.93 bits per heavy atom. The maximum atomic E-state index is 12.7. The molecule has 2 atom stereocenters. The number of halogens is 3. The van der Waals surface area contributed by atoms with Gasteiger partial charge in [0.05, 0.1) is 17.6 Å². The Balaban J connectivity index is 1.50. The van der Waals surface area contributed by atoms with Gasteiger partial charge in [0.1, 0.15) is 6.42 Å². The molecule has 2 bridgehead atoms. The smallest absolute Gasteiger partial charge is 0.339 e. The Hall–Kier alpha value is -2.91. The molecule has 1 aliphatic carbocycles. The van der Waals surface area contributed by atoms with E-state index in [0.717, 1.165) is 24.1 Å². The molecular weight excluding hydrogens is 385 g/mol. The van der Waals surface area contributed by atoms with E-state index < -0.39 is 18.5 Å². The van der Waals surface area contributed by atoms with Crippen LogP contribution in [0.15, 0.2) is 30.7 Å². The van der Waals surface area contributed by atoms with Crippen molar-refractivity contribution in [3.8, 4) is 0 Å². The lowest BCUT2D eigenvalue weighted by Crippen LogP contribution is -2.38. The predicted octanol–water partition coefficient (Wildman–Crippen LogP) is 3.30. The van der Waals surface area contributed by atoms with Crippen LogP contribution >= 0.6 is 0 Å². The number of fused-ring (bicyclic) bond motifs is 2. The number of likely N-dealkylation sites (tertiary alicyclic amines) is 1. The highest BCUT2D eigenvalue weighted by molar-refractivity contribution is 5.78. The average Bonchev–Trinajstić information content (AvgIpc) is 3.15. The van der Waals surface area contributed by atoms with Gasteiger partial charge >= 0.3 is 6.18 Å². The van der Waals surface area contributed by atoms with E-state index in [4.69, 9.17) is 0 Å². The fourth-order valence-electron chi connectivity index (χ4n) is 4.02. The zero-order valence-corrected chi connectivity index (χ0v) is 15.9. The molecule has 2 aliphatic rings. The van der Waals surface area contributed by atoms with E-state index >= 15 is 0 Å². The van der Waals surface area contributed by atoms with Crippen molar-refractivity contribution >= 4 is 23.1 Å². The first-order chi connectivity index (χ1) is 13.8. The molecule has 0 spiro atoms. The molecule has 154 valence electrons. The average molecular weight is 406 g/mol. The van der Waals surface area contributed by atoms with E-state index in [0.29, 0.717) is 24.6 Å². The number of nitrogens with zero attached hydrogens (tertiary/aromatic N) is 5. The topological polar surface area (TPSA) is 75.9 Å². The number of rotatable bonds is 4. The van der Waals surface area contributed by atoms with Crippen LogP contribution in [0.3, 0.4) is 0 Å². The largest absolute Gasteiger partial charge is 0.397 e. The molecule has 1 N–H and O–H groups in total. The van der Waals surface area contributed by atoms with Crippen molar-refractivity contribution in [2.75, 3.05) is 11.9 Å². The third-order valence-corrected chi connectivity index (χ3v) is 5.27. The number of alkyl halides is 3. The molecule has 0 radical (unpaired) electrons. The number of carbonyl (C=O) groups is 1. The number of carbonyl (C=O) groups excluding carboxylic acids is 1. The summed E-state index contributed by atoms with van der Waals surface area (Å²) in [4.78, 5) is 22.3. The van der Waals surface area contributed by atoms with Gasteiger partial charge in [-0.25, -0.2) is 9.97 Å². The van der Waals surface area contributed by atoms with E-state index in [9.17, 15) is 18.0 Å². The predicted molar refractivity (Wildman–Crippen MR) is 100 cm³/mol. The zero-order chi connectivity index (χ0) is 20.6. The number of aromatic nitrogens is 4. The Kier molecular flexibility index (Phi) is 5.01. The van der Waals surface area contributed by atoms with E-state index in [-0.39, 0.29) is 12.0 Å². The number of anilines is 2. The number of amides is 1. The van der Waals surface area contributed by atoms with Crippen molar-refractivity contribution in [2.45, 2.75) is 37.9 Å². The number of nitrogens with one attached hydrogen (secondary N) is 1. The monoisotopic (exact) mass is 406 g/mol. The fourth-order valence-corrected chi connectivity index (χ4v) is 4.02. The number of aryl methyl sites for hydroxylation is 1. The summed E-state index contributed by atoms with van der Waals surface area (Å²) in [6.07, 6.45) is 3.22. The second-order valence-electron chi connectivity index (χ2n) is 7.56. The minimum Gasteiger partial charge on any atom is -0.339 e. The molecule has 1 amide bonds. The molecule has 3 heterocycles. The van der Waals surface area contributed by atoms with Crippen molar-refractivity contribution in [3.05, 3.63) is 36.4 Å². The van der Waals surface area contributed by atoms with Crippen LogP contribution in [-0.4, -0.2) is 49.3 Å². The summed E-state index contributed by atoms with van der Waals surface area (Å²) in [5.41, 5.74) is 2.39. The standard InChI is InChI=1S/C19H21F3N6O/c1-27-11-14(9-24-27)25-18-23-5-4-16(26-18)13-3-2-12-6-15(7-13)28(10-12)17(29)8-19(20,21)22/h3-5,9,11-12,15H,2,6-8,10H2,1H3,(H,23,25,26). The van der Waals surface area contributed by atoms with Gasteiger partial charge in [0.2, 0.25) is 11.9 Å². The molecule has 2 aromatic rings. The Bertz CT molecular complexity index is 938. The lowest BCUT2D eigenvalue weighted by Gasteiger charge is -2.27. The highest BCUT2D eigenvalue weighted by Crippen LogP contribution is 2.38. The molecule has 4 rings (SSSR count). The van der Waals surface area contributed by atoms with Gasteiger partial charge in [0.25, 0.3) is 0 Å². The highest BCUT2D eigenvalue weighted by Gasteiger charge is 2.41. The van der Waals surface area contributed by atoms with E-state index in [1.807, 2.05) is 0 Å². The highest BCUT2D eigenvalue weighted by atomic mass is 19.4. The Morgan fingerprint density at radius 1 is 1.38 bits per heavy atom. The summed E-state index contributed by atoms with van der Waals surface area (Å²) >= 11 is 0. The SMILES string of the molecule is Cn1cc(Nc2nccc(C3=CCC4CC(C3)N(C(=O)CC(F)(F)F)C4)n2)cn1. The van der Waals surface area contributed by atoms with Crippen molar-refractivity contribution < 1.29 is 18.0 Å². The summed E-state index contributed by atoms with van der Waals surface area (Å²) in [6, 6.07) is 1.55. The van der Waals surface area contributed by atoms with Gasteiger partial charge in [-0.1, -0.05) is 6.08 Å². The first kappa shape index (κ1) is 19.4.